The summed E-state index contributed by atoms with van der Waals surface area (Å²) in [4.78, 5) is 16.3. The number of hydrogen-bond acceptors (Lipinski definition) is 4. The first-order valence-electron chi connectivity index (χ1n) is 5.99. The molecule has 0 aromatic carbocycles. The second kappa shape index (κ2) is 7.38. The van der Waals surface area contributed by atoms with E-state index in [0.717, 1.165) is 6.42 Å². The SMILES string of the molecule is CSc1ncccc1C(=O)NC(CO)CC(C)C. The monoisotopic (exact) mass is 268 g/mol. The zero-order valence-corrected chi connectivity index (χ0v) is 11.8. The highest BCUT2D eigenvalue weighted by atomic mass is 32.2. The number of carbonyl (C=O) groups is 1. The highest BCUT2D eigenvalue weighted by molar-refractivity contribution is 7.98. The lowest BCUT2D eigenvalue weighted by molar-refractivity contribution is 0.0904. The van der Waals surface area contributed by atoms with Gasteiger partial charge in [0.25, 0.3) is 5.91 Å². The van der Waals surface area contributed by atoms with Crippen LogP contribution < -0.4 is 5.32 Å². The van der Waals surface area contributed by atoms with Gasteiger partial charge >= 0.3 is 0 Å². The first-order valence-corrected chi connectivity index (χ1v) is 7.21. The summed E-state index contributed by atoms with van der Waals surface area (Å²) < 4.78 is 0. The van der Waals surface area contributed by atoms with E-state index in [-0.39, 0.29) is 18.6 Å². The number of nitrogens with zero attached hydrogens (tertiary/aromatic N) is 1. The number of rotatable bonds is 6. The lowest BCUT2D eigenvalue weighted by Gasteiger charge is -2.18. The van der Waals surface area contributed by atoms with Crippen molar-refractivity contribution in [2.75, 3.05) is 12.9 Å². The topological polar surface area (TPSA) is 62.2 Å². The molecule has 0 aliphatic rings. The van der Waals surface area contributed by atoms with Crippen molar-refractivity contribution in [1.82, 2.24) is 10.3 Å². The smallest absolute Gasteiger partial charge is 0.254 e. The van der Waals surface area contributed by atoms with Crippen molar-refractivity contribution >= 4 is 17.7 Å². The molecule has 0 aliphatic heterocycles. The van der Waals surface area contributed by atoms with Crippen LogP contribution in [0.1, 0.15) is 30.6 Å². The van der Waals surface area contributed by atoms with E-state index in [1.807, 2.05) is 6.26 Å². The van der Waals surface area contributed by atoms with Crippen molar-refractivity contribution < 1.29 is 9.90 Å². The lowest BCUT2D eigenvalue weighted by atomic mass is 10.0. The molecule has 0 saturated carbocycles. The highest BCUT2D eigenvalue weighted by Crippen LogP contribution is 2.17. The van der Waals surface area contributed by atoms with Gasteiger partial charge in [0, 0.05) is 6.20 Å². The van der Waals surface area contributed by atoms with Gasteiger partial charge in [-0.05, 0) is 30.7 Å². The fourth-order valence-electron chi connectivity index (χ4n) is 1.74. The minimum Gasteiger partial charge on any atom is -0.394 e. The lowest BCUT2D eigenvalue weighted by Crippen LogP contribution is -2.38. The summed E-state index contributed by atoms with van der Waals surface area (Å²) in [7, 11) is 0. The third-order valence-corrected chi connectivity index (χ3v) is 3.23. The molecule has 1 aromatic heterocycles. The molecule has 1 unspecified atom stereocenters. The van der Waals surface area contributed by atoms with E-state index in [4.69, 9.17) is 0 Å². The van der Waals surface area contributed by atoms with Crippen LogP contribution in [-0.2, 0) is 0 Å². The number of nitrogens with one attached hydrogen (secondary N) is 1. The number of amides is 1. The molecule has 2 N–H and O–H groups in total. The maximum atomic E-state index is 12.1. The van der Waals surface area contributed by atoms with Crippen molar-refractivity contribution in [1.29, 1.82) is 0 Å². The Morgan fingerprint density at radius 3 is 2.83 bits per heavy atom. The standard InChI is InChI=1S/C13H20N2O2S/c1-9(2)7-10(8-16)15-12(17)11-5-4-6-14-13(11)18-3/h4-6,9-10,16H,7-8H2,1-3H3,(H,15,17). The van der Waals surface area contributed by atoms with E-state index < -0.39 is 0 Å². The maximum Gasteiger partial charge on any atom is 0.254 e. The quantitative estimate of drug-likeness (QED) is 0.774. The van der Waals surface area contributed by atoms with Gasteiger partial charge in [-0.1, -0.05) is 13.8 Å². The summed E-state index contributed by atoms with van der Waals surface area (Å²) in [6.45, 7) is 4.08. The van der Waals surface area contributed by atoms with E-state index in [1.165, 1.54) is 11.8 Å². The number of hydrogen-bond donors (Lipinski definition) is 2. The average Bonchev–Trinajstić information content (AvgIpc) is 2.37. The largest absolute Gasteiger partial charge is 0.394 e. The second-order valence-electron chi connectivity index (χ2n) is 4.54. The minimum absolute atomic E-state index is 0.0429. The normalized spacial score (nSPS) is 12.5. The number of thioether (sulfide) groups is 1. The van der Waals surface area contributed by atoms with Gasteiger partial charge < -0.3 is 10.4 Å². The zero-order chi connectivity index (χ0) is 13.5. The molecule has 5 heteroatoms. The van der Waals surface area contributed by atoms with Crippen LogP contribution >= 0.6 is 11.8 Å². The van der Waals surface area contributed by atoms with Crippen LogP contribution in [0.15, 0.2) is 23.4 Å². The Labute approximate surface area is 112 Å². The van der Waals surface area contributed by atoms with Crippen molar-refractivity contribution in [3.05, 3.63) is 23.9 Å². The molecule has 18 heavy (non-hydrogen) atoms. The van der Waals surface area contributed by atoms with Crippen LogP contribution in [0, 0.1) is 5.92 Å². The Morgan fingerprint density at radius 2 is 2.28 bits per heavy atom. The van der Waals surface area contributed by atoms with E-state index >= 15 is 0 Å². The summed E-state index contributed by atoms with van der Waals surface area (Å²) in [6, 6.07) is 3.29. The summed E-state index contributed by atoms with van der Waals surface area (Å²) in [5.74, 6) is 0.253. The summed E-state index contributed by atoms with van der Waals surface area (Å²) in [6.07, 6.45) is 4.31. The molecule has 0 radical (unpaired) electrons. The van der Waals surface area contributed by atoms with Crippen LogP contribution in [0.5, 0.6) is 0 Å². The molecule has 0 fully saturated rings. The maximum absolute atomic E-state index is 12.1. The first-order chi connectivity index (χ1) is 8.58. The molecular weight excluding hydrogens is 248 g/mol. The minimum atomic E-state index is -0.201. The molecule has 100 valence electrons. The average molecular weight is 268 g/mol. The third-order valence-electron chi connectivity index (χ3n) is 2.52. The number of aliphatic hydroxyl groups is 1. The fraction of sp³-hybridized carbons (Fsp3) is 0.538. The molecule has 0 bridgehead atoms. The fourth-order valence-corrected chi connectivity index (χ4v) is 2.28. The number of aromatic nitrogens is 1. The van der Waals surface area contributed by atoms with Gasteiger partial charge in [0.2, 0.25) is 0 Å². The van der Waals surface area contributed by atoms with Gasteiger partial charge in [-0.15, -0.1) is 11.8 Å². The van der Waals surface area contributed by atoms with Gasteiger partial charge in [-0.3, -0.25) is 4.79 Å². The second-order valence-corrected chi connectivity index (χ2v) is 5.34. The van der Waals surface area contributed by atoms with Crippen LogP contribution in [0.3, 0.4) is 0 Å². The summed E-state index contributed by atoms with van der Waals surface area (Å²) in [5.41, 5.74) is 0.562. The Morgan fingerprint density at radius 1 is 1.56 bits per heavy atom. The highest BCUT2D eigenvalue weighted by Gasteiger charge is 2.16. The summed E-state index contributed by atoms with van der Waals surface area (Å²) in [5, 5.41) is 12.8. The molecule has 1 heterocycles. The van der Waals surface area contributed by atoms with E-state index in [2.05, 4.69) is 24.1 Å². The Balaban J connectivity index is 2.74. The van der Waals surface area contributed by atoms with Crippen molar-refractivity contribution in [3.8, 4) is 0 Å². The molecule has 0 aliphatic carbocycles. The molecule has 1 rings (SSSR count). The van der Waals surface area contributed by atoms with Crippen molar-refractivity contribution in [3.63, 3.8) is 0 Å². The number of aliphatic hydroxyl groups excluding tert-OH is 1. The van der Waals surface area contributed by atoms with Gasteiger partial charge in [-0.25, -0.2) is 4.98 Å². The Hall–Kier alpha value is -1.07. The van der Waals surface area contributed by atoms with Gasteiger partial charge in [-0.2, -0.15) is 0 Å². The van der Waals surface area contributed by atoms with Crippen LogP contribution in [0.25, 0.3) is 0 Å². The summed E-state index contributed by atoms with van der Waals surface area (Å²) >= 11 is 1.44. The predicted molar refractivity (Wildman–Crippen MR) is 73.8 cm³/mol. The van der Waals surface area contributed by atoms with Crippen molar-refractivity contribution in [2.45, 2.75) is 31.3 Å². The third kappa shape index (κ3) is 4.31. The first kappa shape index (κ1) is 15.0. The number of pyridine rings is 1. The molecule has 4 nitrogen and oxygen atoms in total. The molecule has 0 saturated heterocycles. The Bertz CT molecular complexity index is 396. The van der Waals surface area contributed by atoms with E-state index in [1.54, 1.807) is 18.3 Å². The molecule has 0 spiro atoms. The molecule has 1 amide bonds. The molecular formula is C13H20N2O2S. The molecule has 1 aromatic rings. The molecule has 1 atom stereocenters. The van der Waals surface area contributed by atoms with Gasteiger partial charge in [0.1, 0.15) is 5.03 Å². The van der Waals surface area contributed by atoms with Gasteiger partial charge in [0.05, 0.1) is 18.2 Å². The van der Waals surface area contributed by atoms with E-state index in [9.17, 15) is 9.90 Å². The van der Waals surface area contributed by atoms with E-state index in [0.29, 0.717) is 16.5 Å². The van der Waals surface area contributed by atoms with Crippen LogP contribution in [0.4, 0.5) is 0 Å². The van der Waals surface area contributed by atoms with Crippen LogP contribution in [-0.4, -0.2) is 34.9 Å². The van der Waals surface area contributed by atoms with Gasteiger partial charge in [0.15, 0.2) is 0 Å². The van der Waals surface area contributed by atoms with Crippen LogP contribution in [0.2, 0.25) is 0 Å². The van der Waals surface area contributed by atoms with Crippen molar-refractivity contribution in [2.24, 2.45) is 5.92 Å². The predicted octanol–water partition coefficient (Wildman–Crippen LogP) is 1.94. The number of carbonyl (C=O) groups excluding carboxylic acids is 1. The zero-order valence-electron chi connectivity index (χ0n) is 11.0. The Kier molecular flexibility index (Phi) is 6.15.